The van der Waals surface area contributed by atoms with E-state index in [1.54, 1.807) is 24.3 Å². The second-order valence-corrected chi connectivity index (χ2v) is 16.0. The number of benzene rings is 1. The van der Waals surface area contributed by atoms with Crippen LogP contribution in [0.1, 0.15) is 83.0 Å². The van der Waals surface area contributed by atoms with Gasteiger partial charge < -0.3 is 44.1 Å². The van der Waals surface area contributed by atoms with Crippen molar-refractivity contribution in [3.05, 3.63) is 48.0 Å². The summed E-state index contributed by atoms with van der Waals surface area (Å²) in [5, 5.41) is 48.9. The van der Waals surface area contributed by atoms with E-state index in [1.165, 1.54) is 0 Å². The highest BCUT2D eigenvalue weighted by Crippen LogP contribution is 2.75. The second kappa shape index (κ2) is 10.6. The van der Waals surface area contributed by atoms with E-state index >= 15 is 0 Å². The van der Waals surface area contributed by atoms with E-state index in [0.29, 0.717) is 18.4 Å². The van der Waals surface area contributed by atoms with Crippen molar-refractivity contribution in [2.75, 3.05) is 6.61 Å². The van der Waals surface area contributed by atoms with Crippen molar-refractivity contribution in [3.63, 3.8) is 0 Å². The second-order valence-electron chi connectivity index (χ2n) is 16.0. The topological polar surface area (TPSA) is 147 Å². The number of esters is 1. The minimum atomic E-state index is -2.09. The quantitative estimate of drug-likeness (QED) is 0.216. The first kappa shape index (κ1) is 32.3. The molecule has 3 aliphatic carbocycles. The van der Waals surface area contributed by atoms with Gasteiger partial charge in [0, 0.05) is 11.8 Å². The number of hydrogen-bond acceptors (Lipinski definition) is 10. The monoisotopic (exact) mass is 654 g/mol. The average molecular weight is 655 g/mol. The highest BCUT2D eigenvalue weighted by Gasteiger charge is 2.90. The Hall–Kier alpha value is -1.89. The van der Waals surface area contributed by atoms with Gasteiger partial charge in [-0.25, -0.2) is 4.79 Å². The van der Waals surface area contributed by atoms with E-state index in [4.69, 9.17) is 23.7 Å². The van der Waals surface area contributed by atoms with Crippen LogP contribution in [-0.4, -0.2) is 91.9 Å². The van der Waals surface area contributed by atoms with Gasteiger partial charge in [0.2, 0.25) is 0 Å². The number of epoxide rings is 1. The molecule has 4 aliphatic heterocycles. The van der Waals surface area contributed by atoms with Gasteiger partial charge in [-0.15, -0.1) is 0 Å². The summed E-state index contributed by atoms with van der Waals surface area (Å²) in [6, 6.07) is 8.65. The average Bonchev–Trinajstić information content (AvgIpc) is 3.69. The highest BCUT2D eigenvalue weighted by atomic mass is 16.9. The first-order valence-electron chi connectivity index (χ1n) is 17.7. The third-order valence-corrected chi connectivity index (χ3v) is 13.7. The van der Waals surface area contributed by atoms with Crippen molar-refractivity contribution in [2.45, 2.75) is 132 Å². The molecule has 2 spiro atoms. The van der Waals surface area contributed by atoms with Gasteiger partial charge in [0.1, 0.15) is 47.3 Å². The molecule has 3 saturated carbocycles. The first-order valence-corrected chi connectivity index (χ1v) is 17.7. The standard InChI is InChI=1S/C37H50O10/c1-19(2)33-17-21(4)36-26-29(33)45-37(46-33,47-36)24(39)16-12-7-6-9-13-20(3)25-22(5)28(43-31(40)23-14-10-8-11-15-23)35(42,27(25)36)32(41)34(18-38)30(26)44-34/h8,10-11,14-15,20-22,24-30,32,38-39,41-42H,1,6-7,9,12-13,16-18H2,2-5H3/t20-,21+,22-,24?,25?,26+,27?,28-,29+,30-,32+,33+,34-,35+,36+,37?/m0/s1. The molecule has 4 N–H and O–H groups in total. The van der Waals surface area contributed by atoms with Crippen LogP contribution in [0.15, 0.2) is 42.5 Å². The van der Waals surface area contributed by atoms with Crippen molar-refractivity contribution in [1.82, 2.24) is 0 Å². The Bertz CT molecular complexity index is 1440. The number of aliphatic hydroxyl groups is 4. The maximum Gasteiger partial charge on any atom is 0.338 e. The third-order valence-electron chi connectivity index (χ3n) is 13.7. The fourth-order valence-corrected chi connectivity index (χ4v) is 11.6. The molecule has 8 rings (SSSR count). The Morgan fingerprint density at radius 1 is 1.00 bits per heavy atom. The van der Waals surface area contributed by atoms with Crippen molar-refractivity contribution in [3.8, 4) is 0 Å². The molecule has 7 aliphatic rings. The summed E-state index contributed by atoms with van der Waals surface area (Å²) in [6.45, 7) is 11.9. The number of hydrogen-bond donors (Lipinski definition) is 4. The van der Waals surface area contributed by atoms with E-state index in [2.05, 4.69) is 20.4 Å². The predicted octanol–water partition coefficient (Wildman–Crippen LogP) is 3.49. The molecule has 0 radical (unpaired) electrons. The Balaban J connectivity index is 1.37. The van der Waals surface area contributed by atoms with Crippen molar-refractivity contribution < 1.29 is 48.9 Å². The predicted molar refractivity (Wildman–Crippen MR) is 168 cm³/mol. The number of carbonyl (C=O) groups is 1. The maximum absolute atomic E-state index is 13.8. The highest BCUT2D eigenvalue weighted by molar-refractivity contribution is 5.89. The summed E-state index contributed by atoms with van der Waals surface area (Å²) in [5.74, 6) is -4.73. The lowest BCUT2D eigenvalue weighted by Crippen LogP contribution is -2.74. The molecule has 3 bridgehead atoms. The van der Waals surface area contributed by atoms with Crippen LogP contribution < -0.4 is 0 Å². The summed E-state index contributed by atoms with van der Waals surface area (Å²) in [6.07, 6.45) is 0.0237. The number of rotatable bonds is 4. The number of fused-ring (bicyclic) bond motifs is 1. The van der Waals surface area contributed by atoms with Gasteiger partial charge in [0.05, 0.1) is 17.8 Å². The summed E-state index contributed by atoms with van der Waals surface area (Å²) in [4.78, 5) is 13.8. The molecular weight excluding hydrogens is 604 g/mol. The van der Waals surface area contributed by atoms with Gasteiger partial charge in [-0.05, 0) is 61.1 Å². The third kappa shape index (κ3) is 3.93. The van der Waals surface area contributed by atoms with Gasteiger partial charge >= 0.3 is 11.9 Å². The summed E-state index contributed by atoms with van der Waals surface area (Å²) < 4.78 is 33.7. The van der Waals surface area contributed by atoms with Gasteiger partial charge in [-0.1, -0.05) is 77.7 Å². The van der Waals surface area contributed by atoms with Crippen molar-refractivity contribution >= 4 is 5.97 Å². The Morgan fingerprint density at radius 3 is 2.38 bits per heavy atom. The zero-order valence-corrected chi connectivity index (χ0v) is 27.8. The molecule has 1 aromatic carbocycles. The van der Waals surface area contributed by atoms with Crippen LogP contribution in [0.2, 0.25) is 0 Å². The summed E-state index contributed by atoms with van der Waals surface area (Å²) in [5.41, 5.74) is -4.83. The fourth-order valence-electron chi connectivity index (χ4n) is 11.6. The largest absolute Gasteiger partial charge is 0.455 e. The van der Waals surface area contributed by atoms with Crippen molar-refractivity contribution in [1.29, 1.82) is 0 Å². The van der Waals surface area contributed by atoms with E-state index in [9.17, 15) is 25.2 Å². The van der Waals surface area contributed by atoms with E-state index < -0.39 is 89.2 Å². The smallest absolute Gasteiger partial charge is 0.338 e. The number of carbonyl (C=O) groups excluding carboxylic acids is 1. The van der Waals surface area contributed by atoms with Gasteiger partial charge in [-0.2, -0.15) is 0 Å². The fraction of sp³-hybridized carbons (Fsp3) is 0.757. The van der Waals surface area contributed by atoms with Crippen LogP contribution in [0.4, 0.5) is 0 Å². The molecule has 1 aromatic rings. The normalized spacial score (nSPS) is 54.3. The van der Waals surface area contributed by atoms with Crippen LogP contribution in [-0.2, 0) is 23.7 Å². The molecule has 7 fully saturated rings. The number of aliphatic hydroxyl groups excluding tert-OH is 3. The van der Waals surface area contributed by atoms with E-state index in [1.807, 2.05) is 19.9 Å². The molecule has 16 atom stereocenters. The van der Waals surface area contributed by atoms with Crippen LogP contribution >= 0.6 is 0 Å². The molecule has 4 saturated heterocycles. The zero-order valence-electron chi connectivity index (χ0n) is 27.8. The Morgan fingerprint density at radius 2 is 1.70 bits per heavy atom. The molecule has 0 amide bonds. The summed E-state index contributed by atoms with van der Waals surface area (Å²) >= 11 is 0. The molecule has 4 unspecified atom stereocenters. The first-order chi connectivity index (χ1) is 22.3. The van der Waals surface area contributed by atoms with Gasteiger partial charge in [-0.3, -0.25) is 0 Å². The van der Waals surface area contributed by atoms with E-state index in [-0.39, 0.29) is 17.8 Å². The van der Waals surface area contributed by atoms with Crippen LogP contribution in [0, 0.1) is 35.5 Å². The van der Waals surface area contributed by atoms with Crippen LogP contribution in [0.5, 0.6) is 0 Å². The molecule has 0 aromatic heterocycles. The molecule has 4 heterocycles. The van der Waals surface area contributed by atoms with E-state index in [0.717, 1.165) is 37.7 Å². The minimum absolute atomic E-state index is 0.0521. The lowest BCUT2D eigenvalue weighted by molar-refractivity contribution is -0.458. The lowest BCUT2D eigenvalue weighted by atomic mass is 9.51. The Labute approximate surface area is 276 Å². The SMILES string of the molecule is C=C(C)[C@]12C[C@@H](C)[C@@]34OC5(O[C@@H]1[C@@H]3[C@@H]1O[C@]1(CO)[C@@H](O)[C@@]1(O)C4C([C@@H](C)CCCCCCC5O)[C@H](C)[C@@H]1OC(=O)c1ccccc1)O2. The molecule has 10 heteroatoms. The molecular formula is C37H50O10. The van der Waals surface area contributed by atoms with Crippen LogP contribution in [0.3, 0.4) is 0 Å². The Kier molecular flexibility index (Phi) is 7.26. The minimum Gasteiger partial charge on any atom is -0.455 e. The summed E-state index contributed by atoms with van der Waals surface area (Å²) in [7, 11) is 0. The van der Waals surface area contributed by atoms with Crippen molar-refractivity contribution in [2.24, 2.45) is 35.5 Å². The maximum atomic E-state index is 13.8. The van der Waals surface area contributed by atoms with Crippen LogP contribution in [0.25, 0.3) is 0 Å². The molecule has 10 nitrogen and oxygen atoms in total. The lowest BCUT2D eigenvalue weighted by Gasteiger charge is -2.62. The van der Waals surface area contributed by atoms with Gasteiger partial charge in [0.25, 0.3) is 0 Å². The molecule has 258 valence electrons. The number of ether oxygens (including phenoxy) is 5. The van der Waals surface area contributed by atoms with Gasteiger partial charge in [0.15, 0.2) is 0 Å². The zero-order chi connectivity index (χ0) is 33.3. The molecule has 47 heavy (non-hydrogen) atoms.